The Labute approximate surface area is 261 Å². The molecule has 5 saturated carbocycles. The van der Waals surface area contributed by atoms with Gasteiger partial charge in [-0.1, -0.05) is 68.8 Å². The predicted molar refractivity (Wildman–Crippen MR) is 170 cm³/mol. The summed E-state index contributed by atoms with van der Waals surface area (Å²) < 4.78 is 7.19. The van der Waals surface area contributed by atoms with E-state index in [9.17, 15) is 14.7 Å². The third-order valence-corrected chi connectivity index (χ3v) is 15.2. The molecule has 6 rings (SSSR count). The number of halogens is 1. The van der Waals surface area contributed by atoms with E-state index in [0.29, 0.717) is 29.2 Å². The highest BCUT2D eigenvalue weighted by atomic mass is 79.9. The van der Waals surface area contributed by atoms with Crippen LogP contribution >= 0.6 is 15.9 Å². The first kappa shape index (κ1) is 30.4. The highest BCUT2D eigenvalue weighted by Crippen LogP contribution is 2.77. The topological polar surface area (TPSA) is 63.6 Å². The third-order valence-electron chi connectivity index (χ3n) is 14.7. The van der Waals surface area contributed by atoms with Crippen LogP contribution in [0.5, 0.6) is 0 Å². The maximum absolute atomic E-state index is 13.2. The van der Waals surface area contributed by atoms with Crippen molar-refractivity contribution in [3.8, 4) is 0 Å². The minimum Gasteiger partial charge on any atom is -0.481 e. The lowest BCUT2D eigenvalue weighted by Crippen LogP contribution is -2.67. The Hall–Kier alpha value is -1.62. The van der Waals surface area contributed by atoms with Crippen molar-refractivity contribution in [2.24, 2.45) is 56.7 Å². The summed E-state index contributed by atoms with van der Waals surface area (Å²) in [6, 6.07) is 7.50. The Morgan fingerprint density at radius 2 is 1.64 bits per heavy atom. The third kappa shape index (κ3) is 4.03. The van der Waals surface area contributed by atoms with Crippen molar-refractivity contribution in [3.05, 3.63) is 46.5 Å². The van der Waals surface area contributed by atoms with E-state index in [2.05, 4.69) is 64.1 Å². The molecule has 5 heteroatoms. The summed E-state index contributed by atoms with van der Waals surface area (Å²) in [7, 11) is 0. The molecule has 4 nitrogen and oxygen atoms in total. The second kappa shape index (κ2) is 9.94. The van der Waals surface area contributed by atoms with Crippen molar-refractivity contribution < 1.29 is 19.4 Å². The number of hydrogen-bond acceptors (Lipinski definition) is 3. The molecule has 1 N–H and O–H groups in total. The van der Waals surface area contributed by atoms with E-state index in [0.717, 1.165) is 55.8 Å². The molecule has 0 heterocycles. The van der Waals surface area contributed by atoms with Gasteiger partial charge in [-0.3, -0.25) is 4.79 Å². The smallest absolute Gasteiger partial charge is 0.338 e. The van der Waals surface area contributed by atoms with Crippen molar-refractivity contribution in [2.75, 3.05) is 0 Å². The number of fused-ring (bicyclic) bond motifs is 7. The van der Waals surface area contributed by atoms with Crippen LogP contribution in [0.25, 0.3) is 0 Å². The number of aliphatic carboxylic acids is 1. The fourth-order valence-electron chi connectivity index (χ4n) is 12.5. The van der Waals surface area contributed by atoms with Gasteiger partial charge in [-0.25, -0.2) is 4.79 Å². The van der Waals surface area contributed by atoms with E-state index in [1.807, 2.05) is 24.3 Å². The number of carbonyl (C=O) groups excluding carboxylic acids is 1. The monoisotopic (exact) mass is 638 g/mol. The quantitative estimate of drug-likeness (QED) is 0.263. The van der Waals surface area contributed by atoms with E-state index in [-0.39, 0.29) is 39.7 Å². The predicted octanol–water partition coefficient (Wildman–Crippen LogP) is 9.72. The number of carboxylic acids is 1. The van der Waals surface area contributed by atoms with Crippen LogP contribution in [0.3, 0.4) is 0 Å². The SMILES string of the molecule is C=C(C)[C@@H]1CC[C@]2(C(=O)O)CC[C@]3(C)[C@H](CC[C@@H]4[C@@]5(C)CC[C@H](OC(=O)c6cccc(Br)c6)C(C)(C)[C@@H]5CC[C@]43C)[C@@H]12. The molecule has 1 aromatic carbocycles. The molecule has 0 bridgehead atoms. The molecule has 10 atom stereocenters. The van der Waals surface area contributed by atoms with Gasteiger partial charge in [0.1, 0.15) is 6.10 Å². The number of allylic oxidation sites excluding steroid dienone is 1. The first-order chi connectivity index (χ1) is 19.6. The van der Waals surface area contributed by atoms with Crippen LogP contribution in [0, 0.1) is 56.7 Å². The molecule has 230 valence electrons. The summed E-state index contributed by atoms with van der Waals surface area (Å²) in [6.07, 6.45) is 10.1. The van der Waals surface area contributed by atoms with Crippen LogP contribution in [0.4, 0.5) is 0 Å². The van der Waals surface area contributed by atoms with Gasteiger partial charge in [-0.05, 0) is 135 Å². The molecule has 0 saturated heterocycles. The summed E-state index contributed by atoms with van der Waals surface area (Å²) >= 11 is 3.49. The van der Waals surface area contributed by atoms with Crippen molar-refractivity contribution >= 4 is 27.9 Å². The lowest BCUT2D eigenvalue weighted by molar-refractivity contribution is -0.248. The number of rotatable bonds is 4. The summed E-state index contributed by atoms with van der Waals surface area (Å²) in [4.78, 5) is 26.1. The molecule has 5 aliphatic rings. The number of esters is 1. The lowest BCUT2D eigenvalue weighted by atomic mass is 9.32. The number of hydrogen-bond donors (Lipinski definition) is 1. The largest absolute Gasteiger partial charge is 0.481 e. The molecule has 0 aliphatic heterocycles. The molecule has 0 aromatic heterocycles. The van der Waals surface area contributed by atoms with E-state index in [4.69, 9.17) is 4.74 Å². The van der Waals surface area contributed by atoms with Crippen molar-refractivity contribution in [2.45, 2.75) is 112 Å². The van der Waals surface area contributed by atoms with Gasteiger partial charge in [0.25, 0.3) is 0 Å². The number of carboxylic acid groups (broad SMARTS) is 1. The van der Waals surface area contributed by atoms with Gasteiger partial charge in [0.05, 0.1) is 11.0 Å². The zero-order valence-electron chi connectivity index (χ0n) is 26.6. The normalized spacial score (nSPS) is 45.5. The van der Waals surface area contributed by atoms with Crippen LogP contribution in [0.2, 0.25) is 0 Å². The minimum absolute atomic E-state index is 0.0981. The Bertz CT molecular complexity index is 1300. The molecule has 1 aromatic rings. The fourth-order valence-corrected chi connectivity index (χ4v) is 12.9. The van der Waals surface area contributed by atoms with Gasteiger partial charge < -0.3 is 9.84 Å². The van der Waals surface area contributed by atoms with Crippen molar-refractivity contribution in [1.29, 1.82) is 0 Å². The highest BCUT2D eigenvalue weighted by Gasteiger charge is 2.72. The average Bonchev–Trinajstić information content (AvgIpc) is 3.32. The standard InChI is InChI=1S/C37H51BrO4/c1-22(2)25-13-18-37(32(40)41)20-19-35(6)26(30(25)37)11-12-28-34(5)16-15-29(33(3,4)27(34)14-17-36(28,35)7)42-31(39)23-9-8-10-24(38)21-23/h8-10,21,25-30H,1,11-20H2,2-7H3,(H,40,41)/t25-,26+,27-,28+,29-,30+,34-,35+,36+,37-/m0/s1. The Morgan fingerprint density at radius 1 is 0.905 bits per heavy atom. The molecule has 5 fully saturated rings. The highest BCUT2D eigenvalue weighted by molar-refractivity contribution is 9.10. The summed E-state index contributed by atoms with van der Waals surface area (Å²) in [6.45, 7) is 18.9. The Kier molecular flexibility index (Phi) is 7.20. The maximum Gasteiger partial charge on any atom is 0.338 e. The summed E-state index contributed by atoms with van der Waals surface area (Å²) in [5, 5.41) is 10.6. The van der Waals surface area contributed by atoms with Crippen molar-refractivity contribution in [3.63, 3.8) is 0 Å². The molecule has 0 spiro atoms. The second-order valence-electron chi connectivity index (χ2n) is 16.4. The van der Waals surface area contributed by atoms with E-state index < -0.39 is 11.4 Å². The van der Waals surface area contributed by atoms with Gasteiger partial charge in [0.2, 0.25) is 0 Å². The van der Waals surface area contributed by atoms with Gasteiger partial charge in [-0.2, -0.15) is 0 Å². The van der Waals surface area contributed by atoms with Crippen LogP contribution < -0.4 is 0 Å². The molecule has 5 aliphatic carbocycles. The number of benzene rings is 1. The molecule has 0 amide bonds. The molecular weight excluding hydrogens is 588 g/mol. The number of carbonyl (C=O) groups is 2. The lowest BCUT2D eigenvalue weighted by Gasteiger charge is -2.72. The van der Waals surface area contributed by atoms with Gasteiger partial charge in [0, 0.05) is 9.89 Å². The first-order valence-electron chi connectivity index (χ1n) is 16.5. The van der Waals surface area contributed by atoms with E-state index in [1.165, 1.54) is 18.4 Å². The number of ether oxygens (including phenoxy) is 1. The fraction of sp³-hybridized carbons (Fsp3) is 0.730. The molecule has 42 heavy (non-hydrogen) atoms. The van der Waals surface area contributed by atoms with Crippen LogP contribution in [-0.4, -0.2) is 23.1 Å². The van der Waals surface area contributed by atoms with Gasteiger partial charge in [0.15, 0.2) is 0 Å². The summed E-state index contributed by atoms with van der Waals surface area (Å²) in [5.74, 6) is 1.26. The van der Waals surface area contributed by atoms with Crippen LogP contribution in [0.1, 0.15) is 116 Å². The van der Waals surface area contributed by atoms with Gasteiger partial charge in [-0.15, -0.1) is 0 Å². The molecular formula is C37H51BrO4. The average molecular weight is 640 g/mol. The van der Waals surface area contributed by atoms with E-state index in [1.54, 1.807) is 0 Å². The Balaban J connectivity index is 1.29. The van der Waals surface area contributed by atoms with Crippen LogP contribution in [-0.2, 0) is 9.53 Å². The Morgan fingerprint density at radius 3 is 2.31 bits per heavy atom. The second-order valence-corrected chi connectivity index (χ2v) is 17.3. The minimum atomic E-state index is -0.573. The summed E-state index contributed by atoms with van der Waals surface area (Å²) in [5.41, 5.74) is 1.57. The van der Waals surface area contributed by atoms with Crippen molar-refractivity contribution in [1.82, 2.24) is 0 Å². The van der Waals surface area contributed by atoms with E-state index >= 15 is 0 Å². The van der Waals surface area contributed by atoms with Gasteiger partial charge >= 0.3 is 11.9 Å². The zero-order valence-corrected chi connectivity index (χ0v) is 28.2. The molecule has 0 unspecified atom stereocenters. The zero-order chi connectivity index (χ0) is 30.5. The van der Waals surface area contributed by atoms with Crippen LogP contribution in [0.15, 0.2) is 40.9 Å². The first-order valence-corrected chi connectivity index (χ1v) is 17.3. The molecule has 0 radical (unpaired) electrons. The maximum atomic E-state index is 13.2.